The molecule has 4 rings (SSSR count). The van der Waals surface area contributed by atoms with Crippen LogP contribution in [0.4, 0.5) is 5.82 Å². The van der Waals surface area contributed by atoms with Crippen LogP contribution in [0.3, 0.4) is 0 Å². The van der Waals surface area contributed by atoms with Crippen molar-refractivity contribution in [3.05, 3.63) is 71.8 Å². The monoisotopic (exact) mass is 479 g/mol. The van der Waals surface area contributed by atoms with Gasteiger partial charge in [0.05, 0.1) is 16.7 Å². The highest BCUT2D eigenvalue weighted by molar-refractivity contribution is 7.92. The molecule has 0 aliphatic heterocycles. The van der Waals surface area contributed by atoms with Crippen LogP contribution in [-0.2, 0) is 16.4 Å². The van der Waals surface area contributed by atoms with Gasteiger partial charge in [-0.1, -0.05) is 25.1 Å². The third kappa shape index (κ3) is 4.74. The minimum absolute atomic E-state index is 0.0832. The highest BCUT2D eigenvalue weighted by atomic mass is 32.2. The molecule has 0 aliphatic carbocycles. The van der Waals surface area contributed by atoms with Crippen molar-refractivity contribution in [2.24, 2.45) is 0 Å². The number of nitrogens with one attached hydrogen (secondary N) is 2. The molecule has 2 aromatic heterocycles. The molecule has 2 aromatic carbocycles. The molecule has 9 heteroatoms. The molecule has 0 unspecified atom stereocenters. The topological polar surface area (TPSA) is 111 Å². The van der Waals surface area contributed by atoms with Gasteiger partial charge in [0, 0.05) is 12.6 Å². The molecule has 0 atom stereocenters. The number of pyridine rings is 1. The zero-order chi connectivity index (χ0) is 24.3. The first-order valence-electron chi connectivity index (χ1n) is 10.9. The zero-order valence-corrected chi connectivity index (χ0v) is 19.9. The van der Waals surface area contributed by atoms with E-state index >= 15 is 0 Å². The predicted molar refractivity (Wildman–Crippen MR) is 132 cm³/mol. The van der Waals surface area contributed by atoms with Gasteiger partial charge < -0.3 is 14.5 Å². The maximum absolute atomic E-state index is 12.8. The number of hydrogen-bond donors (Lipinski definition) is 2. The van der Waals surface area contributed by atoms with Gasteiger partial charge in [-0.15, -0.1) is 0 Å². The first-order valence-corrected chi connectivity index (χ1v) is 12.5. The fraction of sp³-hybridized carbons (Fsp3) is 0.200. The van der Waals surface area contributed by atoms with Gasteiger partial charge in [0.25, 0.3) is 5.91 Å². The van der Waals surface area contributed by atoms with E-state index in [-0.39, 0.29) is 23.2 Å². The summed E-state index contributed by atoms with van der Waals surface area (Å²) in [6, 6.07) is 18.3. The molecule has 2 heterocycles. The number of amides is 1. The number of aryl methyl sites for hydroxylation is 1. The number of aromatic nitrogens is 1. The highest BCUT2D eigenvalue weighted by Gasteiger charge is 2.24. The van der Waals surface area contributed by atoms with E-state index in [1.54, 1.807) is 44.3 Å². The molecule has 4 aromatic rings. The van der Waals surface area contributed by atoms with E-state index in [2.05, 4.69) is 15.0 Å². The Morgan fingerprint density at radius 2 is 1.71 bits per heavy atom. The van der Waals surface area contributed by atoms with Crippen LogP contribution in [0.5, 0.6) is 11.5 Å². The van der Waals surface area contributed by atoms with Crippen LogP contribution >= 0.6 is 0 Å². The molecule has 0 aliphatic rings. The van der Waals surface area contributed by atoms with Crippen molar-refractivity contribution >= 4 is 32.8 Å². The van der Waals surface area contributed by atoms with Crippen molar-refractivity contribution < 1.29 is 22.4 Å². The van der Waals surface area contributed by atoms with E-state index in [0.717, 1.165) is 0 Å². The lowest BCUT2D eigenvalue weighted by atomic mass is 10.0. The first-order chi connectivity index (χ1) is 16.3. The lowest BCUT2D eigenvalue weighted by Gasteiger charge is -2.09. The summed E-state index contributed by atoms with van der Waals surface area (Å²) in [7, 11) is -1.99. The molecule has 0 fully saturated rings. The van der Waals surface area contributed by atoms with Gasteiger partial charge in [0.1, 0.15) is 23.1 Å². The summed E-state index contributed by atoms with van der Waals surface area (Å²) in [6.07, 6.45) is 0.518. The number of benzene rings is 2. The molecule has 0 radical (unpaired) electrons. The number of ether oxygens (including phenoxy) is 1. The Labute approximate surface area is 198 Å². The molecule has 0 saturated carbocycles. The second-order valence-corrected chi connectivity index (χ2v) is 9.54. The molecule has 2 N–H and O–H groups in total. The minimum atomic E-state index is -3.53. The van der Waals surface area contributed by atoms with Gasteiger partial charge in [0.15, 0.2) is 0 Å². The number of nitrogens with zero attached hydrogens (tertiary/aromatic N) is 1. The number of carbonyl (C=O) groups is 1. The maximum atomic E-state index is 12.8. The Bertz CT molecular complexity index is 1430. The summed E-state index contributed by atoms with van der Waals surface area (Å²) in [5.74, 6) is 1.47. The van der Waals surface area contributed by atoms with E-state index in [4.69, 9.17) is 9.15 Å². The van der Waals surface area contributed by atoms with Crippen LogP contribution in [-0.4, -0.2) is 32.1 Å². The Kier molecular flexibility index (Phi) is 6.56. The van der Waals surface area contributed by atoms with Crippen LogP contribution < -0.4 is 14.8 Å². The van der Waals surface area contributed by atoms with Gasteiger partial charge in [-0.2, -0.15) is 4.98 Å². The first kappa shape index (κ1) is 23.3. The van der Waals surface area contributed by atoms with Crippen LogP contribution in [0.15, 0.2) is 65.1 Å². The molecule has 0 saturated heterocycles. The van der Waals surface area contributed by atoms with Crippen molar-refractivity contribution in [2.45, 2.75) is 20.3 Å². The fourth-order valence-corrected chi connectivity index (χ4v) is 4.11. The molecular formula is C25H25N3O5S. The molecular weight excluding hydrogens is 454 g/mol. The lowest BCUT2D eigenvalue weighted by Crippen LogP contribution is -2.18. The summed E-state index contributed by atoms with van der Waals surface area (Å²) in [4.78, 5) is 17.2. The van der Waals surface area contributed by atoms with E-state index in [0.29, 0.717) is 45.8 Å². The molecule has 1 amide bonds. The smallest absolute Gasteiger partial charge is 0.255 e. The van der Waals surface area contributed by atoms with Crippen molar-refractivity contribution in [2.75, 3.05) is 17.5 Å². The maximum Gasteiger partial charge on any atom is 0.255 e. The normalized spacial score (nSPS) is 11.4. The minimum Gasteiger partial charge on any atom is -0.457 e. The third-order valence-electron chi connectivity index (χ3n) is 5.32. The predicted octanol–water partition coefficient (Wildman–Crippen LogP) is 4.97. The highest BCUT2D eigenvalue weighted by Crippen LogP contribution is 2.36. The molecule has 8 nitrogen and oxygen atoms in total. The van der Waals surface area contributed by atoms with Crippen molar-refractivity contribution in [3.8, 4) is 22.8 Å². The zero-order valence-electron chi connectivity index (χ0n) is 19.1. The number of hydrogen-bond acceptors (Lipinski definition) is 6. The van der Waals surface area contributed by atoms with Crippen molar-refractivity contribution in [3.63, 3.8) is 0 Å². The van der Waals surface area contributed by atoms with E-state index in [9.17, 15) is 13.2 Å². The standard InChI is InChI=1S/C25H25N3O5S/c1-4-16-15-20-21(24(29)26-3)22(33-25(20)27-23(16)28-34(30,31)5-2)17-11-13-19(14-12-17)32-18-9-7-6-8-10-18/h6-15H,4-5H2,1-3H3,(H,26,29)(H,27,28). The van der Waals surface area contributed by atoms with Gasteiger partial charge in [0.2, 0.25) is 15.7 Å². The number of anilines is 1. The average Bonchev–Trinajstić information content (AvgIpc) is 3.22. The second kappa shape index (κ2) is 9.56. The molecule has 0 bridgehead atoms. The Morgan fingerprint density at radius 3 is 2.32 bits per heavy atom. The van der Waals surface area contributed by atoms with Crippen LogP contribution in [0.1, 0.15) is 29.8 Å². The van der Waals surface area contributed by atoms with Crippen LogP contribution in [0.25, 0.3) is 22.4 Å². The Balaban J connectivity index is 1.79. The summed E-state index contributed by atoms with van der Waals surface area (Å²) in [5.41, 5.74) is 1.82. The number of rotatable bonds is 8. The number of furan rings is 1. The van der Waals surface area contributed by atoms with E-state index < -0.39 is 10.0 Å². The van der Waals surface area contributed by atoms with Gasteiger partial charge in [-0.05, 0) is 61.4 Å². The largest absolute Gasteiger partial charge is 0.457 e. The van der Waals surface area contributed by atoms with E-state index in [1.807, 2.05) is 37.3 Å². The quantitative estimate of drug-likeness (QED) is 0.369. The van der Waals surface area contributed by atoms with Gasteiger partial charge >= 0.3 is 0 Å². The second-order valence-electron chi connectivity index (χ2n) is 7.53. The fourth-order valence-electron chi connectivity index (χ4n) is 3.49. The number of fused-ring (bicyclic) bond motifs is 1. The summed E-state index contributed by atoms with van der Waals surface area (Å²) < 4.78 is 38.6. The van der Waals surface area contributed by atoms with Gasteiger partial charge in [-0.3, -0.25) is 9.52 Å². The van der Waals surface area contributed by atoms with Crippen LogP contribution in [0.2, 0.25) is 0 Å². The lowest BCUT2D eigenvalue weighted by molar-refractivity contribution is 0.0964. The Hall–Kier alpha value is -3.85. The number of carbonyl (C=O) groups excluding carboxylic acids is 1. The average molecular weight is 480 g/mol. The summed E-state index contributed by atoms with van der Waals surface area (Å²) >= 11 is 0. The molecule has 34 heavy (non-hydrogen) atoms. The summed E-state index contributed by atoms with van der Waals surface area (Å²) in [5, 5.41) is 3.16. The third-order valence-corrected chi connectivity index (χ3v) is 6.59. The SMILES string of the molecule is CCc1cc2c(C(=O)NC)c(-c3ccc(Oc4ccccc4)cc3)oc2nc1NS(=O)(=O)CC. The van der Waals surface area contributed by atoms with Gasteiger partial charge in [-0.25, -0.2) is 8.42 Å². The van der Waals surface area contributed by atoms with Crippen LogP contribution in [0, 0.1) is 0 Å². The summed E-state index contributed by atoms with van der Waals surface area (Å²) in [6.45, 7) is 3.44. The van der Waals surface area contributed by atoms with E-state index in [1.165, 1.54) is 0 Å². The molecule has 176 valence electrons. The van der Waals surface area contributed by atoms with Crippen molar-refractivity contribution in [1.29, 1.82) is 0 Å². The number of sulfonamides is 1. The van der Waals surface area contributed by atoms with Crippen molar-refractivity contribution in [1.82, 2.24) is 10.3 Å². The number of para-hydroxylation sites is 1. The molecule has 0 spiro atoms. The Morgan fingerprint density at radius 1 is 1.03 bits per heavy atom.